The van der Waals surface area contributed by atoms with Crippen molar-refractivity contribution in [3.8, 4) is 5.75 Å². The van der Waals surface area contributed by atoms with Crippen molar-refractivity contribution < 1.29 is 9.53 Å². The molecular formula is C16H20N4O2S. The standard InChI is InChI=1S/C16H20N4O2S/c1-4-22-13-7-5-12(6-8-13)19-15(21)11(3)23-16-18-10(2)9-14(17)20-16/h5-9,11H,4H2,1-3H3,(H,19,21)(H2,17,18,20). The highest BCUT2D eigenvalue weighted by Gasteiger charge is 2.16. The van der Waals surface area contributed by atoms with Gasteiger partial charge in [0.05, 0.1) is 11.9 Å². The normalized spacial score (nSPS) is 11.8. The van der Waals surface area contributed by atoms with Crippen LogP contribution in [0.15, 0.2) is 35.5 Å². The lowest BCUT2D eigenvalue weighted by Crippen LogP contribution is -2.22. The molecule has 0 radical (unpaired) electrons. The van der Waals surface area contributed by atoms with Crippen molar-refractivity contribution >= 4 is 29.2 Å². The fraction of sp³-hybridized carbons (Fsp3) is 0.312. The minimum absolute atomic E-state index is 0.122. The van der Waals surface area contributed by atoms with E-state index in [9.17, 15) is 4.79 Å². The van der Waals surface area contributed by atoms with Gasteiger partial charge in [-0.2, -0.15) is 0 Å². The number of carbonyl (C=O) groups is 1. The number of aromatic nitrogens is 2. The third-order valence-electron chi connectivity index (χ3n) is 2.94. The van der Waals surface area contributed by atoms with Gasteiger partial charge < -0.3 is 15.8 Å². The highest BCUT2D eigenvalue weighted by Crippen LogP contribution is 2.22. The SMILES string of the molecule is CCOc1ccc(NC(=O)C(C)Sc2nc(C)cc(N)n2)cc1. The van der Waals surface area contributed by atoms with E-state index in [2.05, 4.69) is 15.3 Å². The first-order valence-corrected chi connectivity index (χ1v) is 8.17. The second kappa shape index (κ2) is 7.82. The number of nitrogens with zero attached hydrogens (tertiary/aromatic N) is 2. The third kappa shape index (κ3) is 5.14. The number of nitrogens with two attached hydrogens (primary N) is 1. The van der Waals surface area contributed by atoms with Crippen LogP contribution in [-0.2, 0) is 4.79 Å². The molecule has 7 heteroatoms. The molecule has 0 bridgehead atoms. The van der Waals surface area contributed by atoms with Gasteiger partial charge in [0.2, 0.25) is 5.91 Å². The number of benzene rings is 1. The molecule has 0 aliphatic heterocycles. The van der Waals surface area contributed by atoms with Gasteiger partial charge in [0.1, 0.15) is 11.6 Å². The molecule has 0 aliphatic carbocycles. The van der Waals surface area contributed by atoms with E-state index in [0.717, 1.165) is 17.1 Å². The molecule has 2 aromatic rings. The molecule has 0 saturated carbocycles. The molecule has 0 saturated heterocycles. The fourth-order valence-corrected chi connectivity index (χ4v) is 2.71. The predicted molar refractivity (Wildman–Crippen MR) is 92.7 cm³/mol. The summed E-state index contributed by atoms with van der Waals surface area (Å²) in [5, 5.41) is 3.01. The van der Waals surface area contributed by atoms with E-state index < -0.39 is 0 Å². The summed E-state index contributed by atoms with van der Waals surface area (Å²) < 4.78 is 5.37. The Morgan fingerprint density at radius 1 is 1.35 bits per heavy atom. The van der Waals surface area contributed by atoms with Crippen LogP contribution >= 0.6 is 11.8 Å². The monoisotopic (exact) mass is 332 g/mol. The molecular weight excluding hydrogens is 312 g/mol. The number of anilines is 2. The number of nitrogen functional groups attached to an aromatic ring is 1. The van der Waals surface area contributed by atoms with Gasteiger partial charge in [-0.15, -0.1) is 0 Å². The molecule has 1 heterocycles. The summed E-state index contributed by atoms with van der Waals surface area (Å²) in [6.07, 6.45) is 0. The quantitative estimate of drug-likeness (QED) is 0.624. The second-order valence-electron chi connectivity index (χ2n) is 4.92. The van der Waals surface area contributed by atoms with Gasteiger partial charge in [-0.3, -0.25) is 4.79 Å². The molecule has 3 N–H and O–H groups in total. The van der Waals surface area contributed by atoms with Crippen molar-refractivity contribution in [2.75, 3.05) is 17.7 Å². The summed E-state index contributed by atoms with van der Waals surface area (Å²) in [6, 6.07) is 8.94. The molecule has 6 nitrogen and oxygen atoms in total. The molecule has 1 atom stereocenters. The maximum atomic E-state index is 12.2. The van der Waals surface area contributed by atoms with Crippen LogP contribution in [0.3, 0.4) is 0 Å². The van der Waals surface area contributed by atoms with Gasteiger partial charge in [-0.25, -0.2) is 9.97 Å². The summed E-state index contributed by atoms with van der Waals surface area (Å²) in [4.78, 5) is 20.6. The lowest BCUT2D eigenvalue weighted by atomic mass is 10.3. The number of nitrogens with one attached hydrogen (secondary N) is 1. The molecule has 1 unspecified atom stereocenters. The molecule has 0 fully saturated rings. The average molecular weight is 332 g/mol. The third-order valence-corrected chi connectivity index (χ3v) is 3.90. The van der Waals surface area contributed by atoms with Gasteiger partial charge >= 0.3 is 0 Å². The van der Waals surface area contributed by atoms with Crippen LogP contribution in [0.1, 0.15) is 19.5 Å². The van der Waals surface area contributed by atoms with Crippen LogP contribution in [-0.4, -0.2) is 27.7 Å². The van der Waals surface area contributed by atoms with Crippen LogP contribution in [0.5, 0.6) is 5.75 Å². The molecule has 1 aromatic carbocycles. The number of hydrogen-bond donors (Lipinski definition) is 2. The first-order chi connectivity index (χ1) is 11.0. The lowest BCUT2D eigenvalue weighted by molar-refractivity contribution is -0.115. The van der Waals surface area contributed by atoms with Gasteiger partial charge in [0, 0.05) is 17.4 Å². The second-order valence-corrected chi connectivity index (χ2v) is 6.23. The summed E-state index contributed by atoms with van der Waals surface area (Å²) in [7, 11) is 0. The topological polar surface area (TPSA) is 90.1 Å². The number of thioether (sulfide) groups is 1. The Morgan fingerprint density at radius 3 is 2.65 bits per heavy atom. The Morgan fingerprint density at radius 2 is 2.04 bits per heavy atom. The zero-order valence-corrected chi connectivity index (χ0v) is 14.2. The predicted octanol–water partition coefficient (Wildman–Crippen LogP) is 2.89. The maximum Gasteiger partial charge on any atom is 0.237 e. The summed E-state index contributed by atoms with van der Waals surface area (Å²) in [5.74, 6) is 1.05. The summed E-state index contributed by atoms with van der Waals surface area (Å²) in [5.41, 5.74) is 7.19. The molecule has 1 amide bonds. The van der Waals surface area contributed by atoms with Crippen LogP contribution in [0, 0.1) is 6.92 Å². The van der Waals surface area contributed by atoms with Crippen LogP contribution in [0.4, 0.5) is 11.5 Å². The van der Waals surface area contributed by atoms with Gasteiger partial charge in [-0.05, 0) is 45.0 Å². The van der Waals surface area contributed by atoms with E-state index in [4.69, 9.17) is 10.5 Å². The van der Waals surface area contributed by atoms with E-state index in [0.29, 0.717) is 17.6 Å². The van der Waals surface area contributed by atoms with Gasteiger partial charge in [0.25, 0.3) is 0 Å². The van der Waals surface area contributed by atoms with Crippen molar-refractivity contribution in [3.05, 3.63) is 36.0 Å². The maximum absolute atomic E-state index is 12.2. The number of carbonyl (C=O) groups excluding carboxylic acids is 1. The van der Waals surface area contributed by atoms with E-state index >= 15 is 0 Å². The van der Waals surface area contributed by atoms with Crippen LogP contribution in [0.25, 0.3) is 0 Å². The first kappa shape index (κ1) is 17.1. The Balaban J connectivity index is 1.96. The molecule has 0 aliphatic rings. The first-order valence-electron chi connectivity index (χ1n) is 7.29. The van der Waals surface area contributed by atoms with Crippen molar-refractivity contribution in [3.63, 3.8) is 0 Å². The number of aryl methyl sites for hydroxylation is 1. The Labute approximate surface area is 139 Å². The largest absolute Gasteiger partial charge is 0.494 e. The summed E-state index contributed by atoms with van der Waals surface area (Å²) >= 11 is 1.27. The molecule has 0 spiro atoms. The highest BCUT2D eigenvalue weighted by atomic mass is 32.2. The Hall–Kier alpha value is -2.28. The van der Waals surface area contributed by atoms with Crippen LogP contribution < -0.4 is 15.8 Å². The highest BCUT2D eigenvalue weighted by molar-refractivity contribution is 8.00. The van der Waals surface area contributed by atoms with Crippen molar-refractivity contribution in [1.82, 2.24) is 9.97 Å². The molecule has 2 rings (SSSR count). The van der Waals surface area contributed by atoms with E-state index in [-0.39, 0.29) is 11.2 Å². The Kier molecular flexibility index (Phi) is 5.81. The number of ether oxygens (including phenoxy) is 1. The van der Waals surface area contributed by atoms with E-state index in [1.165, 1.54) is 11.8 Å². The number of amides is 1. The zero-order valence-electron chi connectivity index (χ0n) is 13.4. The zero-order chi connectivity index (χ0) is 16.8. The summed E-state index contributed by atoms with van der Waals surface area (Å²) in [6.45, 7) is 6.18. The minimum atomic E-state index is -0.345. The lowest BCUT2D eigenvalue weighted by Gasteiger charge is -2.12. The smallest absolute Gasteiger partial charge is 0.237 e. The van der Waals surface area contributed by atoms with Crippen molar-refractivity contribution in [2.45, 2.75) is 31.2 Å². The van der Waals surface area contributed by atoms with Crippen molar-refractivity contribution in [1.29, 1.82) is 0 Å². The van der Waals surface area contributed by atoms with Crippen molar-refractivity contribution in [2.24, 2.45) is 0 Å². The molecule has 122 valence electrons. The van der Waals surface area contributed by atoms with Gasteiger partial charge in [-0.1, -0.05) is 11.8 Å². The van der Waals surface area contributed by atoms with E-state index in [1.54, 1.807) is 25.1 Å². The van der Waals surface area contributed by atoms with E-state index in [1.807, 2.05) is 26.0 Å². The van der Waals surface area contributed by atoms with Crippen LogP contribution in [0.2, 0.25) is 0 Å². The minimum Gasteiger partial charge on any atom is -0.494 e. The molecule has 1 aromatic heterocycles. The fourth-order valence-electron chi connectivity index (χ4n) is 1.87. The van der Waals surface area contributed by atoms with Gasteiger partial charge in [0.15, 0.2) is 5.16 Å². The Bertz CT molecular complexity index is 656. The molecule has 23 heavy (non-hydrogen) atoms. The average Bonchev–Trinajstić information content (AvgIpc) is 2.48. The number of rotatable bonds is 6. The number of hydrogen-bond acceptors (Lipinski definition) is 6.